The largest absolute Gasteiger partial charge is 0.258 e. The first-order valence-corrected chi connectivity index (χ1v) is 23.3. The Morgan fingerprint density at radius 3 is 1.58 bits per heavy atom. The molecule has 3 unspecified atom stereocenters. The molecule has 1 aliphatic heterocycles. The summed E-state index contributed by atoms with van der Waals surface area (Å²) < 4.78 is 0. The minimum atomic E-state index is -0.0465. The third kappa shape index (κ3) is 8.42. The molecule has 0 aromatic heterocycles. The molecule has 2 aliphatic carbocycles. The second kappa shape index (κ2) is 18.6. The summed E-state index contributed by atoms with van der Waals surface area (Å²) in [5.41, 5.74) is 19.8. The highest BCUT2D eigenvalue weighted by Crippen LogP contribution is 2.56. The van der Waals surface area contributed by atoms with Gasteiger partial charge in [0.2, 0.25) is 0 Å². The van der Waals surface area contributed by atoms with Crippen LogP contribution in [0.2, 0.25) is 0 Å². The van der Waals surface area contributed by atoms with Crippen LogP contribution in [0.1, 0.15) is 92.8 Å². The summed E-state index contributed by atoms with van der Waals surface area (Å²) in [6, 6.07) is 83.6. The maximum absolute atomic E-state index is 5.29. The maximum Gasteiger partial charge on any atom is 0.155 e. The van der Waals surface area contributed by atoms with E-state index in [9.17, 15) is 0 Å². The summed E-state index contributed by atoms with van der Waals surface area (Å²) in [6.45, 7) is 0. The Kier molecular flexibility index (Phi) is 11.5. The second-order valence-electron chi connectivity index (χ2n) is 17.5. The average Bonchev–Trinajstić information content (AvgIpc) is 3.41. The highest BCUT2D eigenvalue weighted by molar-refractivity contribution is 6.14. The standard InChI is InChI=1S/C64H50N2/c1-7-22-45(23-8-1)57-43-58(62(48-28-13-4-14-29-48)63(49-30-15-5-16-31-49)61(57)47-26-11-3-12-27-47)55-38-20-36-53(41-55)51-34-19-35-52(40-51)54-37-21-39-56(42-54)60-44-59(46-24-9-2-10-25-46)65-64(66-60)50-32-17-6-18-33-50/h1-18,20-33,35-43,60-61,63H,19,34,44H2. The van der Waals surface area contributed by atoms with Gasteiger partial charge in [-0.1, -0.05) is 231 Å². The number of benzene rings is 8. The lowest BCUT2D eigenvalue weighted by atomic mass is 9.65. The Morgan fingerprint density at radius 1 is 0.394 bits per heavy atom. The average molecular weight is 847 g/mol. The molecule has 0 bridgehead atoms. The molecule has 1 heterocycles. The van der Waals surface area contributed by atoms with Crippen molar-refractivity contribution in [2.75, 3.05) is 0 Å². The van der Waals surface area contributed by atoms with E-state index in [-0.39, 0.29) is 17.9 Å². The highest BCUT2D eigenvalue weighted by atomic mass is 15.0. The first-order chi connectivity index (χ1) is 32.7. The molecule has 2 nitrogen and oxygen atoms in total. The summed E-state index contributed by atoms with van der Waals surface area (Å²) in [7, 11) is 0. The van der Waals surface area contributed by atoms with E-state index in [0.29, 0.717) is 0 Å². The summed E-state index contributed by atoms with van der Waals surface area (Å²) in [6.07, 6.45) is 10.0. The molecule has 0 saturated heterocycles. The Morgan fingerprint density at radius 2 is 0.909 bits per heavy atom. The molecular weight excluding hydrogens is 797 g/mol. The van der Waals surface area contributed by atoms with Crippen LogP contribution in [-0.4, -0.2) is 11.5 Å². The van der Waals surface area contributed by atoms with Crippen LogP contribution in [0.15, 0.2) is 259 Å². The van der Waals surface area contributed by atoms with Crippen LogP contribution in [0.3, 0.4) is 0 Å². The molecule has 11 rings (SSSR count). The Labute approximate surface area is 389 Å². The van der Waals surface area contributed by atoms with Gasteiger partial charge in [-0.3, -0.25) is 4.99 Å². The monoisotopic (exact) mass is 846 g/mol. The fourth-order valence-electron chi connectivity index (χ4n) is 10.2. The van der Waals surface area contributed by atoms with Crippen molar-refractivity contribution in [2.24, 2.45) is 9.98 Å². The summed E-state index contributed by atoms with van der Waals surface area (Å²) in [5.74, 6) is 0.956. The summed E-state index contributed by atoms with van der Waals surface area (Å²) in [4.78, 5) is 10.4. The Hall–Kier alpha value is -7.94. The fraction of sp³-hybridized carbons (Fsp3) is 0.0938. The molecule has 0 radical (unpaired) electrons. The molecule has 2 heteroatoms. The van der Waals surface area contributed by atoms with Gasteiger partial charge < -0.3 is 0 Å². The SMILES string of the molecule is C1=C(c2cccc(C3CC(c4ccccc4)=NC(c4ccccc4)=N3)c2)C=C(c2cccc(C3=C(c4ccccc4)C(c4ccccc4)C(c4ccccc4)C(c4ccccc4)=C3)c2)CC1. The topological polar surface area (TPSA) is 24.7 Å². The number of rotatable bonds is 10. The molecule has 0 saturated carbocycles. The first-order valence-electron chi connectivity index (χ1n) is 23.3. The van der Waals surface area contributed by atoms with Gasteiger partial charge in [-0.2, -0.15) is 0 Å². The first kappa shape index (κ1) is 40.8. The third-order valence-corrected chi connectivity index (χ3v) is 13.4. The summed E-state index contributed by atoms with van der Waals surface area (Å²) in [5, 5.41) is 0. The van der Waals surface area contributed by atoms with Gasteiger partial charge in [0, 0.05) is 23.8 Å². The van der Waals surface area contributed by atoms with Crippen molar-refractivity contribution in [3.05, 3.63) is 304 Å². The van der Waals surface area contributed by atoms with E-state index < -0.39 is 0 Å². The van der Waals surface area contributed by atoms with Gasteiger partial charge in [0.15, 0.2) is 5.84 Å². The van der Waals surface area contributed by atoms with Gasteiger partial charge >= 0.3 is 0 Å². The molecule has 0 N–H and O–H groups in total. The van der Waals surface area contributed by atoms with Gasteiger partial charge in [-0.25, -0.2) is 4.99 Å². The minimum Gasteiger partial charge on any atom is -0.258 e. The van der Waals surface area contributed by atoms with Crippen LogP contribution >= 0.6 is 0 Å². The molecule has 316 valence electrons. The molecule has 8 aromatic rings. The van der Waals surface area contributed by atoms with Crippen molar-refractivity contribution < 1.29 is 0 Å². The molecule has 3 aliphatic rings. The van der Waals surface area contributed by atoms with Crippen molar-refractivity contribution in [1.82, 2.24) is 0 Å². The van der Waals surface area contributed by atoms with E-state index in [1.165, 1.54) is 72.4 Å². The number of hydrogen-bond acceptors (Lipinski definition) is 2. The third-order valence-electron chi connectivity index (χ3n) is 13.4. The van der Waals surface area contributed by atoms with Gasteiger partial charge in [-0.15, -0.1) is 0 Å². The minimum absolute atomic E-state index is 0.0465. The predicted octanol–water partition coefficient (Wildman–Crippen LogP) is 15.9. The lowest BCUT2D eigenvalue weighted by Crippen LogP contribution is -2.20. The van der Waals surface area contributed by atoms with Gasteiger partial charge in [-0.05, 0) is 109 Å². The van der Waals surface area contributed by atoms with E-state index in [1.807, 2.05) is 6.07 Å². The van der Waals surface area contributed by atoms with Gasteiger partial charge in [0.25, 0.3) is 0 Å². The normalized spacial score (nSPS) is 18.4. The number of hydrogen-bond donors (Lipinski definition) is 0. The van der Waals surface area contributed by atoms with Crippen molar-refractivity contribution in [1.29, 1.82) is 0 Å². The molecular formula is C64H50N2. The molecule has 66 heavy (non-hydrogen) atoms. The smallest absolute Gasteiger partial charge is 0.155 e. The highest BCUT2D eigenvalue weighted by Gasteiger charge is 2.37. The molecule has 8 aromatic carbocycles. The second-order valence-corrected chi connectivity index (χ2v) is 17.5. The zero-order valence-electron chi connectivity index (χ0n) is 36.9. The molecule has 3 atom stereocenters. The zero-order chi connectivity index (χ0) is 44.1. The van der Waals surface area contributed by atoms with Crippen LogP contribution in [0.25, 0.3) is 27.9 Å². The lowest BCUT2D eigenvalue weighted by Gasteiger charge is -2.38. The summed E-state index contributed by atoms with van der Waals surface area (Å²) >= 11 is 0. The Balaban J connectivity index is 0.994. The van der Waals surface area contributed by atoms with Gasteiger partial charge in [0.1, 0.15) is 0 Å². The number of aliphatic imine (C=N–C) groups is 2. The van der Waals surface area contributed by atoms with Crippen LogP contribution in [-0.2, 0) is 0 Å². The Bertz CT molecular complexity index is 3180. The quantitative estimate of drug-likeness (QED) is 0.131. The van der Waals surface area contributed by atoms with Crippen LogP contribution in [0.5, 0.6) is 0 Å². The number of nitrogens with zero attached hydrogens (tertiary/aromatic N) is 2. The zero-order valence-corrected chi connectivity index (χ0v) is 36.9. The van der Waals surface area contributed by atoms with Crippen molar-refractivity contribution >= 4 is 39.4 Å². The van der Waals surface area contributed by atoms with Crippen molar-refractivity contribution in [3.8, 4) is 0 Å². The fourth-order valence-corrected chi connectivity index (χ4v) is 10.2. The number of amidine groups is 1. The molecule has 0 fully saturated rings. The van der Waals surface area contributed by atoms with Crippen LogP contribution in [0.4, 0.5) is 0 Å². The maximum atomic E-state index is 5.29. The van der Waals surface area contributed by atoms with E-state index >= 15 is 0 Å². The van der Waals surface area contributed by atoms with Crippen LogP contribution < -0.4 is 0 Å². The molecule has 0 spiro atoms. The number of allylic oxidation sites excluding steroid dienone is 8. The van der Waals surface area contributed by atoms with E-state index in [4.69, 9.17) is 9.98 Å². The van der Waals surface area contributed by atoms with E-state index in [2.05, 4.69) is 243 Å². The van der Waals surface area contributed by atoms with Crippen molar-refractivity contribution in [2.45, 2.75) is 37.1 Å². The predicted molar refractivity (Wildman–Crippen MR) is 277 cm³/mol. The van der Waals surface area contributed by atoms with Crippen molar-refractivity contribution in [3.63, 3.8) is 0 Å². The van der Waals surface area contributed by atoms with E-state index in [0.717, 1.165) is 41.9 Å². The van der Waals surface area contributed by atoms with E-state index in [1.54, 1.807) is 0 Å². The molecule has 0 amide bonds. The lowest BCUT2D eigenvalue weighted by molar-refractivity contribution is 0.753. The van der Waals surface area contributed by atoms with Gasteiger partial charge in [0.05, 0.1) is 11.8 Å². The van der Waals surface area contributed by atoms with Crippen LogP contribution in [0, 0.1) is 0 Å².